The van der Waals surface area contributed by atoms with Gasteiger partial charge in [-0.1, -0.05) is 54.6 Å². The summed E-state index contributed by atoms with van der Waals surface area (Å²) in [5.74, 6) is 0. The second-order valence-corrected chi connectivity index (χ2v) is 9.82. The van der Waals surface area contributed by atoms with Crippen LogP contribution in [0.4, 0.5) is 0 Å². The normalized spacial score (nSPS) is 13.5. The number of rotatable bonds is 0. The highest BCUT2D eigenvalue weighted by Gasteiger charge is 2.28. The molecular weight excluding hydrogens is 426 g/mol. The number of benzene rings is 4. The van der Waals surface area contributed by atoms with Gasteiger partial charge in [0.25, 0.3) is 0 Å². The molecule has 0 bridgehead atoms. The summed E-state index contributed by atoms with van der Waals surface area (Å²) in [6.07, 6.45) is 3.86. The van der Waals surface area contributed by atoms with E-state index in [0.717, 1.165) is 40.6 Å². The Kier molecular flexibility index (Phi) is 3.14. The molecule has 3 heterocycles. The van der Waals surface area contributed by atoms with Crippen LogP contribution in [0.2, 0.25) is 0 Å². The van der Waals surface area contributed by atoms with Gasteiger partial charge in [0.05, 0.1) is 22.1 Å². The highest BCUT2D eigenvalue weighted by molar-refractivity contribution is 6.15. The van der Waals surface area contributed by atoms with Crippen molar-refractivity contribution in [1.82, 2.24) is 14.4 Å². The van der Waals surface area contributed by atoms with Crippen molar-refractivity contribution in [3.63, 3.8) is 0 Å². The maximum atomic E-state index is 5.16. The topological polar surface area (TPSA) is 30.2 Å². The maximum absolute atomic E-state index is 5.16. The van der Waals surface area contributed by atoms with Crippen LogP contribution in [0.25, 0.3) is 60.7 Å². The van der Waals surface area contributed by atoms with Crippen molar-refractivity contribution in [2.75, 3.05) is 0 Å². The molecule has 35 heavy (non-hydrogen) atoms. The van der Waals surface area contributed by atoms with Gasteiger partial charge in [-0.2, -0.15) is 0 Å². The SMILES string of the molecule is c1ccc2c(c1)Cc1cc3c(cc1-2)-c1ccc2c4ncccc4n4c5ccccc5nc4c2c1C3. The van der Waals surface area contributed by atoms with Crippen LogP contribution in [-0.2, 0) is 12.8 Å². The summed E-state index contributed by atoms with van der Waals surface area (Å²) in [7, 11) is 0. The first-order valence-electron chi connectivity index (χ1n) is 12.2. The maximum Gasteiger partial charge on any atom is 0.146 e. The van der Waals surface area contributed by atoms with Crippen LogP contribution in [-0.4, -0.2) is 14.4 Å². The smallest absolute Gasteiger partial charge is 0.146 e. The van der Waals surface area contributed by atoms with E-state index in [1.165, 1.54) is 55.3 Å². The van der Waals surface area contributed by atoms with E-state index in [9.17, 15) is 0 Å². The highest BCUT2D eigenvalue weighted by Crippen LogP contribution is 2.47. The molecule has 3 aromatic heterocycles. The van der Waals surface area contributed by atoms with Gasteiger partial charge >= 0.3 is 0 Å². The summed E-state index contributed by atoms with van der Waals surface area (Å²) in [4.78, 5) is 10.0. The van der Waals surface area contributed by atoms with Crippen LogP contribution in [0.3, 0.4) is 0 Å². The summed E-state index contributed by atoms with van der Waals surface area (Å²) >= 11 is 0. The predicted molar refractivity (Wildman–Crippen MR) is 142 cm³/mol. The zero-order valence-corrected chi connectivity index (χ0v) is 18.9. The molecule has 3 heteroatoms. The van der Waals surface area contributed by atoms with E-state index in [2.05, 4.69) is 83.3 Å². The van der Waals surface area contributed by atoms with Crippen molar-refractivity contribution >= 4 is 38.5 Å². The number of pyridine rings is 2. The summed E-state index contributed by atoms with van der Waals surface area (Å²) in [6.45, 7) is 0. The molecule has 9 rings (SSSR count). The third-order valence-electron chi connectivity index (χ3n) is 8.05. The molecular formula is C32H19N3. The number of aromatic nitrogens is 3. The Hall–Kier alpha value is -4.50. The van der Waals surface area contributed by atoms with Crippen molar-refractivity contribution in [3.8, 4) is 22.3 Å². The van der Waals surface area contributed by atoms with E-state index >= 15 is 0 Å². The minimum Gasteiger partial charge on any atom is -0.290 e. The van der Waals surface area contributed by atoms with Crippen molar-refractivity contribution in [2.24, 2.45) is 0 Å². The lowest BCUT2D eigenvalue weighted by molar-refractivity contribution is 1.22. The molecule has 7 aromatic rings. The van der Waals surface area contributed by atoms with E-state index in [0.29, 0.717) is 0 Å². The molecule has 3 nitrogen and oxygen atoms in total. The van der Waals surface area contributed by atoms with Gasteiger partial charge in [0.2, 0.25) is 0 Å². The van der Waals surface area contributed by atoms with Crippen LogP contribution >= 0.6 is 0 Å². The first-order chi connectivity index (χ1) is 17.3. The van der Waals surface area contributed by atoms with E-state index in [-0.39, 0.29) is 0 Å². The molecule has 0 fully saturated rings. The fourth-order valence-corrected chi connectivity index (χ4v) is 6.58. The lowest BCUT2D eigenvalue weighted by Crippen LogP contribution is -1.96. The average Bonchev–Trinajstić information content (AvgIpc) is 3.58. The van der Waals surface area contributed by atoms with Gasteiger partial charge in [-0.05, 0) is 87.7 Å². The highest BCUT2D eigenvalue weighted by atomic mass is 15.0. The van der Waals surface area contributed by atoms with Crippen molar-refractivity contribution in [3.05, 3.63) is 113 Å². The van der Waals surface area contributed by atoms with E-state index < -0.39 is 0 Å². The second-order valence-electron chi connectivity index (χ2n) is 9.82. The molecule has 0 atom stereocenters. The van der Waals surface area contributed by atoms with E-state index in [1.54, 1.807) is 0 Å². The third-order valence-corrected chi connectivity index (χ3v) is 8.05. The molecule has 0 saturated heterocycles. The second kappa shape index (κ2) is 6.13. The molecule has 0 radical (unpaired) electrons. The lowest BCUT2D eigenvalue weighted by Gasteiger charge is -2.12. The van der Waals surface area contributed by atoms with Gasteiger partial charge in [-0.15, -0.1) is 0 Å². The Morgan fingerprint density at radius 1 is 0.629 bits per heavy atom. The van der Waals surface area contributed by atoms with Crippen LogP contribution in [0.5, 0.6) is 0 Å². The monoisotopic (exact) mass is 445 g/mol. The first kappa shape index (κ1) is 17.9. The Morgan fingerprint density at radius 2 is 1.46 bits per heavy atom. The van der Waals surface area contributed by atoms with Crippen LogP contribution in [0, 0.1) is 0 Å². The molecule has 0 spiro atoms. The van der Waals surface area contributed by atoms with Crippen LogP contribution in [0.1, 0.15) is 22.3 Å². The molecule has 2 aliphatic rings. The largest absolute Gasteiger partial charge is 0.290 e. The number of fused-ring (bicyclic) bond motifs is 15. The minimum absolute atomic E-state index is 0.933. The number of imidazole rings is 1. The minimum atomic E-state index is 0.933. The molecule has 162 valence electrons. The third kappa shape index (κ3) is 2.17. The van der Waals surface area contributed by atoms with Crippen molar-refractivity contribution in [2.45, 2.75) is 12.8 Å². The van der Waals surface area contributed by atoms with Gasteiger partial charge in [-0.3, -0.25) is 9.38 Å². The predicted octanol–water partition coefficient (Wildman–Crippen LogP) is 7.33. The molecule has 0 saturated carbocycles. The van der Waals surface area contributed by atoms with Crippen LogP contribution < -0.4 is 0 Å². The fraction of sp³-hybridized carbons (Fsp3) is 0.0625. The summed E-state index contributed by atoms with van der Waals surface area (Å²) in [6, 6.07) is 30.9. The zero-order valence-electron chi connectivity index (χ0n) is 18.9. The first-order valence-corrected chi connectivity index (χ1v) is 12.2. The molecule has 0 unspecified atom stereocenters. The van der Waals surface area contributed by atoms with Crippen molar-refractivity contribution in [1.29, 1.82) is 0 Å². The van der Waals surface area contributed by atoms with Gasteiger partial charge in [-0.25, -0.2) is 4.98 Å². The average molecular weight is 446 g/mol. The Bertz CT molecular complexity index is 2060. The van der Waals surface area contributed by atoms with E-state index in [1.807, 2.05) is 12.3 Å². The van der Waals surface area contributed by atoms with Gasteiger partial charge in [0.1, 0.15) is 5.65 Å². The van der Waals surface area contributed by atoms with E-state index in [4.69, 9.17) is 9.97 Å². The molecule has 4 aromatic carbocycles. The van der Waals surface area contributed by atoms with Crippen molar-refractivity contribution < 1.29 is 0 Å². The van der Waals surface area contributed by atoms with Crippen LogP contribution in [0.15, 0.2) is 91.1 Å². The lowest BCUT2D eigenvalue weighted by atomic mass is 9.96. The Balaban J connectivity index is 1.41. The Morgan fingerprint density at radius 3 is 2.46 bits per heavy atom. The quantitative estimate of drug-likeness (QED) is 0.229. The fourth-order valence-electron chi connectivity index (χ4n) is 6.58. The standard InChI is InChI=1S/C32H19N3/c1-2-7-21-18(6-1)14-19-15-20-16-26-22(25(20)17-24(19)21)11-12-23-30(26)32-34-27-8-3-4-9-28(27)35(32)29-10-5-13-33-31(23)29/h1-13,15,17H,14,16H2. The van der Waals surface area contributed by atoms with Gasteiger partial charge in [0, 0.05) is 17.0 Å². The zero-order chi connectivity index (χ0) is 22.7. The number of nitrogens with zero attached hydrogens (tertiary/aromatic N) is 3. The molecule has 2 aliphatic carbocycles. The Labute approximate surface area is 201 Å². The number of hydrogen-bond acceptors (Lipinski definition) is 2. The molecule has 0 N–H and O–H groups in total. The number of para-hydroxylation sites is 2. The summed E-state index contributed by atoms with van der Waals surface area (Å²) in [5, 5.41) is 2.43. The molecule has 0 amide bonds. The summed E-state index contributed by atoms with van der Waals surface area (Å²) in [5.41, 5.74) is 16.5. The summed E-state index contributed by atoms with van der Waals surface area (Å²) < 4.78 is 2.31. The van der Waals surface area contributed by atoms with Gasteiger partial charge < -0.3 is 0 Å². The number of hydrogen-bond donors (Lipinski definition) is 0. The van der Waals surface area contributed by atoms with Gasteiger partial charge in [0.15, 0.2) is 0 Å². The molecule has 0 aliphatic heterocycles.